The van der Waals surface area contributed by atoms with Crippen molar-refractivity contribution >= 4 is 11.6 Å². The maximum Gasteiger partial charge on any atom is 0.347 e. The van der Waals surface area contributed by atoms with E-state index in [0.29, 0.717) is 5.56 Å². The SMILES string of the molecule is Cc1ccc(C)c(CC(O)C(F)(F)Cl)c1. The van der Waals surface area contributed by atoms with E-state index in [4.69, 9.17) is 11.6 Å². The van der Waals surface area contributed by atoms with Gasteiger partial charge in [0.25, 0.3) is 0 Å². The summed E-state index contributed by atoms with van der Waals surface area (Å²) in [7, 11) is 0. The molecule has 0 spiro atoms. The van der Waals surface area contributed by atoms with Gasteiger partial charge in [-0.2, -0.15) is 8.78 Å². The molecule has 1 nitrogen and oxygen atoms in total. The van der Waals surface area contributed by atoms with Crippen molar-refractivity contribution in [2.45, 2.75) is 31.8 Å². The Balaban J connectivity index is 2.85. The van der Waals surface area contributed by atoms with Crippen LogP contribution in [-0.2, 0) is 6.42 Å². The predicted molar refractivity (Wildman–Crippen MR) is 56.4 cm³/mol. The molecule has 0 fully saturated rings. The van der Waals surface area contributed by atoms with Gasteiger partial charge in [-0.15, -0.1) is 0 Å². The van der Waals surface area contributed by atoms with Crippen molar-refractivity contribution in [2.24, 2.45) is 0 Å². The Labute approximate surface area is 92.7 Å². The maximum atomic E-state index is 12.5. The molecule has 0 aliphatic carbocycles. The Morgan fingerprint density at radius 1 is 1.40 bits per heavy atom. The van der Waals surface area contributed by atoms with Crippen LogP contribution < -0.4 is 0 Å². The van der Waals surface area contributed by atoms with Crippen molar-refractivity contribution in [1.82, 2.24) is 0 Å². The van der Waals surface area contributed by atoms with Crippen LogP contribution in [0.1, 0.15) is 16.7 Å². The second-order valence-corrected chi connectivity index (χ2v) is 4.20. The van der Waals surface area contributed by atoms with Crippen LogP contribution in [0.25, 0.3) is 0 Å². The largest absolute Gasteiger partial charge is 0.385 e. The number of hydrogen-bond donors (Lipinski definition) is 1. The second kappa shape index (κ2) is 4.45. The third-order valence-corrected chi connectivity index (χ3v) is 2.55. The molecule has 1 N–H and O–H groups in total. The van der Waals surface area contributed by atoms with Gasteiger partial charge in [0, 0.05) is 6.42 Å². The molecule has 0 saturated heterocycles. The van der Waals surface area contributed by atoms with E-state index in [2.05, 4.69) is 0 Å². The molecule has 1 rings (SSSR count). The molecule has 84 valence electrons. The molecule has 1 aromatic carbocycles. The topological polar surface area (TPSA) is 20.2 Å². The van der Waals surface area contributed by atoms with E-state index in [-0.39, 0.29) is 6.42 Å². The molecular formula is C11H13ClF2O. The summed E-state index contributed by atoms with van der Waals surface area (Å²) < 4.78 is 25.1. The lowest BCUT2D eigenvalue weighted by Gasteiger charge is -2.17. The van der Waals surface area contributed by atoms with E-state index in [1.54, 1.807) is 6.07 Å². The molecule has 0 radical (unpaired) electrons. The summed E-state index contributed by atoms with van der Waals surface area (Å²) in [5.74, 6) is 0. The highest BCUT2D eigenvalue weighted by Gasteiger charge is 2.35. The number of aryl methyl sites for hydroxylation is 2. The number of halogens is 3. The molecule has 0 amide bonds. The molecule has 4 heteroatoms. The third kappa shape index (κ3) is 3.43. The molecule has 1 unspecified atom stereocenters. The third-order valence-electron chi connectivity index (χ3n) is 2.30. The number of benzene rings is 1. The Morgan fingerprint density at radius 3 is 2.53 bits per heavy atom. The minimum absolute atomic E-state index is 0.135. The lowest BCUT2D eigenvalue weighted by atomic mass is 10.0. The molecule has 0 bridgehead atoms. The van der Waals surface area contributed by atoms with Crippen LogP contribution in [0.5, 0.6) is 0 Å². The van der Waals surface area contributed by atoms with E-state index < -0.39 is 11.5 Å². The zero-order chi connectivity index (χ0) is 11.6. The summed E-state index contributed by atoms with van der Waals surface area (Å²) in [4.78, 5) is 0. The minimum atomic E-state index is -3.57. The number of rotatable bonds is 3. The Hall–Kier alpha value is -0.670. The van der Waals surface area contributed by atoms with Crippen molar-refractivity contribution in [2.75, 3.05) is 0 Å². The van der Waals surface area contributed by atoms with E-state index in [1.807, 2.05) is 26.0 Å². The predicted octanol–water partition coefficient (Wildman–Crippen LogP) is 3.04. The van der Waals surface area contributed by atoms with Crippen LogP contribution in [0.4, 0.5) is 8.78 Å². The van der Waals surface area contributed by atoms with E-state index in [0.717, 1.165) is 11.1 Å². The van der Waals surface area contributed by atoms with Gasteiger partial charge in [0.15, 0.2) is 0 Å². The fraction of sp³-hybridized carbons (Fsp3) is 0.455. The summed E-state index contributed by atoms with van der Waals surface area (Å²) in [6.45, 7) is 3.68. The molecule has 0 aliphatic rings. The molecule has 0 aromatic heterocycles. The Bertz CT molecular complexity index is 347. The van der Waals surface area contributed by atoms with Gasteiger partial charge in [-0.3, -0.25) is 0 Å². The molecule has 0 aliphatic heterocycles. The minimum Gasteiger partial charge on any atom is -0.385 e. The summed E-state index contributed by atoms with van der Waals surface area (Å²) in [6.07, 6.45) is -1.98. The van der Waals surface area contributed by atoms with E-state index in [9.17, 15) is 13.9 Å². The summed E-state index contributed by atoms with van der Waals surface area (Å²) >= 11 is 4.74. The average molecular weight is 235 g/mol. The van der Waals surface area contributed by atoms with Gasteiger partial charge in [0.05, 0.1) is 0 Å². The lowest BCUT2D eigenvalue weighted by molar-refractivity contribution is -0.0398. The Kier molecular flexibility index (Phi) is 3.68. The van der Waals surface area contributed by atoms with Crippen LogP contribution >= 0.6 is 11.6 Å². The summed E-state index contributed by atoms with van der Waals surface area (Å²) in [5, 5.41) is 5.60. The molecule has 0 saturated carbocycles. The highest BCUT2D eigenvalue weighted by Crippen LogP contribution is 2.27. The van der Waals surface area contributed by atoms with Crippen LogP contribution in [0.3, 0.4) is 0 Å². The highest BCUT2D eigenvalue weighted by atomic mass is 35.5. The van der Waals surface area contributed by atoms with Gasteiger partial charge in [0.1, 0.15) is 6.10 Å². The summed E-state index contributed by atoms with van der Waals surface area (Å²) in [6, 6.07) is 5.51. The zero-order valence-electron chi connectivity index (χ0n) is 8.60. The van der Waals surface area contributed by atoms with E-state index in [1.165, 1.54) is 0 Å². The first-order valence-corrected chi connectivity index (χ1v) is 4.99. The van der Waals surface area contributed by atoms with Gasteiger partial charge in [-0.1, -0.05) is 23.8 Å². The van der Waals surface area contributed by atoms with Gasteiger partial charge >= 0.3 is 5.38 Å². The first-order chi connectivity index (χ1) is 6.80. The van der Waals surface area contributed by atoms with E-state index >= 15 is 0 Å². The van der Waals surface area contributed by atoms with Crippen LogP contribution in [0.15, 0.2) is 18.2 Å². The molecule has 0 heterocycles. The maximum absolute atomic E-state index is 12.5. The van der Waals surface area contributed by atoms with Crippen molar-refractivity contribution in [3.8, 4) is 0 Å². The van der Waals surface area contributed by atoms with Gasteiger partial charge < -0.3 is 5.11 Å². The molecule has 15 heavy (non-hydrogen) atoms. The monoisotopic (exact) mass is 234 g/mol. The van der Waals surface area contributed by atoms with Gasteiger partial charge in [-0.05, 0) is 36.6 Å². The van der Waals surface area contributed by atoms with Crippen molar-refractivity contribution in [3.05, 3.63) is 34.9 Å². The normalized spacial score (nSPS) is 14.0. The Morgan fingerprint density at radius 2 is 2.00 bits per heavy atom. The molecule has 1 atom stereocenters. The number of alkyl halides is 3. The molecule has 1 aromatic rings. The fourth-order valence-corrected chi connectivity index (χ4v) is 1.42. The lowest BCUT2D eigenvalue weighted by Crippen LogP contribution is -2.29. The van der Waals surface area contributed by atoms with Crippen molar-refractivity contribution < 1.29 is 13.9 Å². The van der Waals surface area contributed by atoms with Crippen LogP contribution in [-0.4, -0.2) is 16.6 Å². The molecular weight excluding hydrogens is 222 g/mol. The standard InChI is InChI=1S/C11H13ClF2O/c1-7-3-4-8(2)9(5-7)6-10(15)11(12,13)14/h3-5,10,15H,6H2,1-2H3. The number of aliphatic hydroxyl groups excluding tert-OH is 1. The summed E-state index contributed by atoms with van der Waals surface area (Å²) in [5.41, 5.74) is 2.55. The second-order valence-electron chi connectivity index (χ2n) is 3.69. The average Bonchev–Trinajstić information content (AvgIpc) is 2.09. The smallest absolute Gasteiger partial charge is 0.347 e. The fourth-order valence-electron chi connectivity index (χ4n) is 1.34. The van der Waals surface area contributed by atoms with Gasteiger partial charge in [-0.25, -0.2) is 0 Å². The van der Waals surface area contributed by atoms with Crippen LogP contribution in [0, 0.1) is 13.8 Å². The van der Waals surface area contributed by atoms with Gasteiger partial charge in [0.2, 0.25) is 0 Å². The number of hydrogen-bond acceptors (Lipinski definition) is 1. The van der Waals surface area contributed by atoms with Crippen molar-refractivity contribution in [1.29, 1.82) is 0 Å². The van der Waals surface area contributed by atoms with Crippen LogP contribution in [0.2, 0.25) is 0 Å². The van der Waals surface area contributed by atoms with Crippen molar-refractivity contribution in [3.63, 3.8) is 0 Å². The zero-order valence-corrected chi connectivity index (χ0v) is 9.35. The first-order valence-electron chi connectivity index (χ1n) is 4.61. The number of aliphatic hydroxyl groups is 1. The quantitative estimate of drug-likeness (QED) is 0.797. The highest BCUT2D eigenvalue weighted by molar-refractivity contribution is 6.22. The first kappa shape index (κ1) is 12.4.